The Balaban J connectivity index is 2.10. The van der Waals surface area contributed by atoms with Gasteiger partial charge in [0.05, 0.1) is 4.92 Å². The Kier molecular flexibility index (Phi) is 6.21. The summed E-state index contributed by atoms with van der Waals surface area (Å²) in [6.45, 7) is 3.56. The Labute approximate surface area is 150 Å². The van der Waals surface area contributed by atoms with Gasteiger partial charge in [-0.1, -0.05) is 25.1 Å². The maximum absolute atomic E-state index is 12.1. The molecule has 2 aromatic rings. The second-order valence-electron chi connectivity index (χ2n) is 5.55. The van der Waals surface area contributed by atoms with E-state index < -0.39 is 4.92 Å². The first kappa shape index (κ1) is 18.9. The second-order valence-corrected chi connectivity index (χ2v) is 5.55. The smallest absolute Gasteiger partial charge is 0.270 e. The number of amides is 2. The van der Waals surface area contributed by atoms with Gasteiger partial charge in [0.15, 0.2) is 0 Å². The molecule has 0 aliphatic heterocycles. The molecule has 0 aliphatic carbocycles. The highest BCUT2D eigenvalue weighted by Crippen LogP contribution is 2.23. The van der Waals surface area contributed by atoms with Gasteiger partial charge in [-0.3, -0.25) is 19.7 Å². The van der Waals surface area contributed by atoms with Crippen LogP contribution in [0.5, 0.6) is 0 Å². The number of hydrogen-bond acceptors (Lipinski definition) is 4. The molecule has 0 saturated heterocycles. The summed E-state index contributed by atoms with van der Waals surface area (Å²) in [5.41, 5.74) is 2.47. The molecular weight excluding hydrogens is 334 g/mol. The quantitative estimate of drug-likeness (QED) is 0.467. The van der Waals surface area contributed by atoms with Crippen molar-refractivity contribution in [3.63, 3.8) is 0 Å². The van der Waals surface area contributed by atoms with E-state index in [9.17, 15) is 19.7 Å². The number of nitro benzene ring substituents is 1. The van der Waals surface area contributed by atoms with Crippen molar-refractivity contribution in [3.8, 4) is 0 Å². The molecule has 134 valence electrons. The summed E-state index contributed by atoms with van der Waals surface area (Å²) < 4.78 is 0. The third-order valence-corrected chi connectivity index (χ3v) is 3.70. The van der Waals surface area contributed by atoms with Crippen LogP contribution >= 0.6 is 0 Å². The molecular formula is C19H19N3O4. The molecule has 0 aromatic heterocycles. The van der Waals surface area contributed by atoms with Crippen LogP contribution in [0.15, 0.2) is 48.5 Å². The predicted octanol–water partition coefficient (Wildman–Crippen LogP) is 3.90. The molecule has 0 radical (unpaired) electrons. The first-order valence-corrected chi connectivity index (χ1v) is 8.03. The van der Waals surface area contributed by atoms with E-state index in [0.717, 1.165) is 5.56 Å². The van der Waals surface area contributed by atoms with Crippen molar-refractivity contribution in [1.29, 1.82) is 0 Å². The highest BCUT2D eigenvalue weighted by Gasteiger charge is 2.08. The molecule has 26 heavy (non-hydrogen) atoms. The van der Waals surface area contributed by atoms with Gasteiger partial charge in [-0.15, -0.1) is 0 Å². The topological polar surface area (TPSA) is 101 Å². The SMILES string of the molecule is CCC(=O)Nc1cccc(NC(=O)/C=C\c2cccc([N+](=O)[O-])c2)c1C. The Hall–Kier alpha value is -3.48. The van der Waals surface area contributed by atoms with Gasteiger partial charge >= 0.3 is 0 Å². The van der Waals surface area contributed by atoms with E-state index in [0.29, 0.717) is 23.4 Å². The number of carbonyl (C=O) groups is 2. The number of carbonyl (C=O) groups excluding carboxylic acids is 2. The van der Waals surface area contributed by atoms with Crippen molar-refractivity contribution in [3.05, 3.63) is 69.8 Å². The fraction of sp³-hybridized carbons (Fsp3) is 0.158. The minimum absolute atomic E-state index is 0.0391. The summed E-state index contributed by atoms with van der Waals surface area (Å²) in [4.78, 5) is 34.0. The van der Waals surface area contributed by atoms with Crippen LogP contribution < -0.4 is 10.6 Å². The van der Waals surface area contributed by atoms with Crippen LogP contribution in [0.25, 0.3) is 6.08 Å². The van der Waals surface area contributed by atoms with E-state index in [1.165, 1.54) is 24.3 Å². The molecule has 7 heteroatoms. The van der Waals surface area contributed by atoms with Gasteiger partial charge in [-0.05, 0) is 36.3 Å². The molecule has 2 N–H and O–H groups in total. The van der Waals surface area contributed by atoms with E-state index >= 15 is 0 Å². The largest absolute Gasteiger partial charge is 0.326 e. The average Bonchev–Trinajstić information content (AvgIpc) is 2.63. The number of nitrogens with zero attached hydrogens (tertiary/aromatic N) is 1. The summed E-state index contributed by atoms with van der Waals surface area (Å²) >= 11 is 0. The van der Waals surface area contributed by atoms with E-state index in [1.54, 1.807) is 44.2 Å². The zero-order valence-electron chi connectivity index (χ0n) is 14.5. The van der Waals surface area contributed by atoms with Crippen molar-refractivity contribution in [2.75, 3.05) is 10.6 Å². The fourth-order valence-corrected chi connectivity index (χ4v) is 2.23. The lowest BCUT2D eigenvalue weighted by Gasteiger charge is -2.12. The van der Waals surface area contributed by atoms with Gasteiger partial charge in [0.25, 0.3) is 5.69 Å². The Bertz CT molecular complexity index is 875. The highest BCUT2D eigenvalue weighted by atomic mass is 16.6. The first-order valence-electron chi connectivity index (χ1n) is 8.03. The minimum Gasteiger partial charge on any atom is -0.326 e. The van der Waals surface area contributed by atoms with Crippen LogP contribution in [0.2, 0.25) is 0 Å². The van der Waals surface area contributed by atoms with Gasteiger partial charge in [0, 0.05) is 36.0 Å². The molecule has 0 fully saturated rings. The monoisotopic (exact) mass is 353 g/mol. The first-order chi connectivity index (χ1) is 12.4. The number of anilines is 2. The number of benzene rings is 2. The molecule has 7 nitrogen and oxygen atoms in total. The van der Waals surface area contributed by atoms with E-state index in [1.807, 2.05) is 0 Å². The maximum Gasteiger partial charge on any atom is 0.270 e. The standard InChI is InChI=1S/C19H19N3O4/c1-3-18(23)20-16-8-5-9-17(13(16)2)21-19(24)11-10-14-6-4-7-15(12-14)22(25)26/h4-12H,3H2,1-2H3,(H,20,23)(H,21,24)/b11-10-. The molecule has 2 aromatic carbocycles. The zero-order chi connectivity index (χ0) is 19.1. The molecule has 2 rings (SSSR count). The van der Waals surface area contributed by atoms with Gasteiger partial charge < -0.3 is 10.6 Å². The summed E-state index contributed by atoms with van der Waals surface area (Å²) in [7, 11) is 0. The zero-order valence-corrected chi connectivity index (χ0v) is 14.5. The Morgan fingerprint density at radius 2 is 1.77 bits per heavy atom. The summed E-state index contributed by atoms with van der Waals surface area (Å²) in [5.74, 6) is -0.485. The lowest BCUT2D eigenvalue weighted by atomic mass is 10.1. The van der Waals surface area contributed by atoms with Crippen molar-refractivity contribution in [2.45, 2.75) is 20.3 Å². The van der Waals surface area contributed by atoms with Crippen LogP contribution in [0, 0.1) is 17.0 Å². The lowest BCUT2D eigenvalue weighted by Crippen LogP contribution is -2.13. The van der Waals surface area contributed by atoms with Crippen LogP contribution in [-0.2, 0) is 9.59 Å². The number of nitrogens with one attached hydrogen (secondary N) is 2. The summed E-state index contributed by atoms with van der Waals surface area (Å²) in [6, 6.07) is 11.2. The van der Waals surface area contributed by atoms with Crippen molar-refractivity contribution in [2.24, 2.45) is 0 Å². The molecule has 0 saturated carbocycles. The number of rotatable bonds is 6. The lowest BCUT2D eigenvalue weighted by molar-refractivity contribution is -0.384. The number of hydrogen-bond donors (Lipinski definition) is 2. The van der Waals surface area contributed by atoms with Crippen LogP contribution in [-0.4, -0.2) is 16.7 Å². The van der Waals surface area contributed by atoms with E-state index in [4.69, 9.17) is 0 Å². The van der Waals surface area contributed by atoms with Crippen molar-refractivity contribution in [1.82, 2.24) is 0 Å². The van der Waals surface area contributed by atoms with E-state index in [2.05, 4.69) is 10.6 Å². The van der Waals surface area contributed by atoms with Crippen LogP contribution in [0.3, 0.4) is 0 Å². The van der Waals surface area contributed by atoms with Gasteiger partial charge in [-0.2, -0.15) is 0 Å². The minimum atomic E-state index is -0.489. The van der Waals surface area contributed by atoms with Gasteiger partial charge in [0.2, 0.25) is 11.8 Å². The Morgan fingerprint density at radius 1 is 1.12 bits per heavy atom. The molecule has 0 bridgehead atoms. The number of nitro groups is 1. The Morgan fingerprint density at radius 3 is 2.42 bits per heavy atom. The molecule has 0 spiro atoms. The van der Waals surface area contributed by atoms with E-state index in [-0.39, 0.29) is 17.5 Å². The van der Waals surface area contributed by atoms with Gasteiger partial charge in [-0.25, -0.2) is 0 Å². The molecule has 2 amide bonds. The number of non-ortho nitro benzene ring substituents is 1. The molecule has 0 unspecified atom stereocenters. The van der Waals surface area contributed by atoms with Gasteiger partial charge in [0.1, 0.15) is 0 Å². The van der Waals surface area contributed by atoms with Crippen LogP contribution in [0.4, 0.5) is 17.1 Å². The summed E-state index contributed by atoms with van der Waals surface area (Å²) in [6.07, 6.45) is 3.16. The fourth-order valence-electron chi connectivity index (χ4n) is 2.23. The van der Waals surface area contributed by atoms with Crippen molar-refractivity contribution >= 4 is 35.0 Å². The normalized spacial score (nSPS) is 10.5. The average molecular weight is 353 g/mol. The van der Waals surface area contributed by atoms with Crippen LogP contribution in [0.1, 0.15) is 24.5 Å². The molecule has 0 atom stereocenters. The molecule has 0 aliphatic rings. The maximum atomic E-state index is 12.1. The highest BCUT2D eigenvalue weighted by molar-refractivity contribution is 6.03. The second kappa shape index (κ2) is 8.57. The summed E-state index contributed by atoms with van der Waals surface area (Å²) in [5, 5.41) is 16.3. The van der Waals surface area contributed by atoms with Crippen molar-refractivity contribution < 1.29 is 14.5 Å². The third-order valence-electron chi connectivity index (χ3n) is 3.70. The predicted molar refractivity (Wildman–Crippen MR) is 101 cm³/mol. The molecule has 0 heterocycles. The third kappa shape index (κ3) is 5.01.